The highest BCUT2D eigenvalue weighted by Crippen LogP contribution is 2.34. The normalized spacial score (nSPS) is 14.8. The van der Waals surface area contributed by atoms with Gasteiger partial charge >= 0.3 is 0 Å². The number of benzene rings is 2. The molecule has 1 aliphatic heterocycles. The first-order valence-electron chi connectivity index (χ1n) is 11.1. The minimum atomic E-state index is -0.188. The fourth-order valence-corrected chi connectivity index (χ4v) is 4.69. The molecule has 1 fully saturated rings. The summed E-state index contributed by atoms with van der Waals surface area (Å²) in [4.78, 5) is 15.4. The molecule has 3 N–H and O–H groups in total. The van der Waals surface area contributed by atoms with E-state index in [1.807, 2.05) is 42.4 Å². The molecule has 0 radical (unpaired) electrons. The second-order valence-electron chi connectivity index (χ2n) is 8.31. The van der Waals surface area contributed by atoms with Crippen molar-refractivity contribution < 1.29 is 13.9 Å². The summed E-state index contributed by atoms with van der Waals surface area (Å²) in [7, 11) is 3.54. The van der Waals surface area contributed by atoms with Crippen molar-refractivity contribution in [3.05, 3.63) is 65.1 Å². The van der Waals surface area contributed by atoms with Crippen LogP contribution in [-0.2, 0) is 17.8 Å². The molecule has 0 aliphatic carbocycles. The molecule has 1 aromatic heterocycles. The fourth-order valence-electron chi connectivity index (χ4n) is 4.69. The predicted molar refractivity (Wildman–Crippen MR) is 126 cm³/mol. The Morgan fingerprint density at radius 3 is 2.72 bits per heavy atom. The maximum Gasteiger partial charge on any atom is 0.256 e. The topological polar surface area (TPSA) is 72.5 Å². The summed E-state index contributed by atoms with van der Waals surface area (Å²) < 4.78 is 21.8. The van der Waals surface area contributed by atoms with Crippen molar-refractivity contribution in [2.45, 2.75) is 31.8 Å². The van der Waals surface area contributed by atoms with Crippen LogP contribution in [0.3, 0.4) is 0 Å². The predicted octanol–water partition coefficient (Wildman–Crippen LogP) is 3.95. The van der Waals surface area contributed by atoms with Crippen molar-refractivity contribution in [2.24, 2.45) is 5.73 Å². The summed E-state index contributed by atoms with van der Waals surface area (Å²) in [6.45, 7) is 2.84. The van der Waals surface area contributed by atoms with E-state index in [1.165, 1.54) is 6.07 Å². The van der Waals surface area contributed by atoms with Gasteiger partial charge in [-0.05, 0) is 48.1 Å². The Bertz CT molecular complexity index is 1100. The van der Waals surface area contributed by atoms with E-state index in [0.29, 0.717) is 43.9 Å². The van der Waals surface area contributed by atoms with Gasteiger partial charge in [-0.1, -0.05) is 18.2 Å². The molecule has 0 unspecified atom stereocenters. The quantitative estimate of drug-likeness (QED) is 0.586. The number of carbonyl (C=O) groups is 1. The highest BCUT2D eigenvalue weighted by atomic mass is 19.1. The molecule has 0 bridgehead atoms. The summed E-state index contributed by atoms with van der Waals surface area (Å²) in [6.07, 6.45) is 3.40. The minimum absolute atomic E-state index is 0.0171. The number of fused-ring (bicyclic) bond motifs is 1. The number of nitrogens with two attached hydrogens (primary N) is 1. The van der Waals surface area contributed by atoms with E-state index in [9.17, 15) is 9.18 Å². The Balaban J connectivity index is 1.57. The third kappa shape index (κ3) is 4.23. The van der Waals surface area contributed by atoms with Gasteiger partial charge in [-0.15, -0.1) is 0 Å². The Morgan fingerprint density at radius 2 is 2.03 bits per heavy atom. The lowest BCUT2D eigenvalue weighted by molar-refractivity contribution is 0.0714. The van der Waals surface area contributed by atoms with Gasteiger partial charge < -0.3 is 25.3 Å². The van der Waals surface area contributed by atoms with E-state index in [4.69, 9.17) is 10.5 Å². The van der Waals surface area contributed by atoms with E-state index in [1.54, 1.807) is 13.2 Å². The molecule has 0 spiro atoms. The zero-order valence-corrected chi connectivity index (χ0v) is 18.7. The van der Waals surface area contributed by atoms with Gasteiger partial charge in [0.15, 0.2) is 0 Å². The molecule has 0 saturated carbocycles. The second-order valence-corrected chi connectivity index (χ2v) is 8.31. The van der Waals surface area contributed by atoms with E-state index >= 15 is 0 Å². The van der Waals surface area contributed by atoms with Crippen LogP contribution in [0.1, 0.15) is 40.2 Å². The van der Waals surface area contributed by atoms with Gasteiger partial charge in [0.05, 0.1) is 17.7 Å². The average molecular weight is 439 g/mol. The van der Waals surface area contributed by atoms with Gasteiger partial charge in [-0.3, -0.25) is 4.79 Å². The van der Waals surface area contributed by atoms with Crippen molar-refractivity contribution in [1.82, 2.24) is 9.47 Å². The SMILES string of the molecule is CNc1cccc2c1c(C(=O)N1CCC(c3cc(CN)ccc3F)CC1)cn2CCOC. The lowest BCUT2D eigenvalue weighted by atomic mass is 9.88. The number of nitrogens with zero attached hydrogens (tertiary/aromatic N) is 2. The van der Waals surface area contributed by atoms with Gasteiger partial charge in [-0.2, -0.15) is 0 Å². The number of methoxy groups -OCH3 is 1. The number of piperidine rings is 1. The van der Waals surface area contributed by atoms with Crippen molar-refractivity contribution in [3.63, 3.8) is 0 Å². The smallest absolute Gasteiger partial charge is 0.256 e. The van der Waals surface area contributed by atoms with Crippen LogP contribution >= 0.6 is 0 Å². The maximum absolute atomic E-state index is 14.4. The molecule has 1 aliphatic rings. The summed E-state index contributed by atoms with van der Waals surface area (Å²) in [6, 6.07) is 11.1. The molecule has 170 valence electrons. The Hall–Kier alpha value is -2.90. The highest BCUT2D eigenvalue weighted by molar-refractivity contribution is 6.11. The molecular formula is C25H31FN4O2. The Morgan fingerprint density at radius 1 is 1.25 bits per heavy atom. The van der Waals surface area contributed by atoms with Crippen LogP contribution in [-0.4, -0.2) is 49.2 Å². The van der Waals surface area contributed by atoms with Crippen LogP contribution in [0.4, 0.5) is 10.1 Å². The number of halogens is 1. The zero-order chi connectivity index (χ0) is 22.7. The summed E-state index contributed by atoms with van der Waals surface area (Å²) in [5.74, 6) is -0.0724. The Labute approximate surface area is 188 Å². The van der Waals surface area contributed by atoms with Crippen LogP contribution in [0.15, 0.2) is 42.6 Å². The van der Waals surface area contributed by atoms with E-state index in [0.717, 1.165) is 35.0 Å². The number of hydrogen-bond acceptors (Lipinski definition) is 4. The second kappa shape index (κ2) is 9.71. The molecule has 2 heterocycles. The maximum atomic E-state index is 14.4. The molecule has 1 saturated heterocycles. The number of nitrogens with one attached hydrogen (secondary N) is 1. The molecule has 1 amide bonds. The van der Waals surface area contributed by atoms with Gasteiger partial charge in [0.25, 0.3) is 5.91 Å². The average Bonchev–Trinajstić information content (AvgIpc) is 3.21. The number of aromatic nitrogens is 1. The molecule has 2 aromatic carbocycles. The van der Waals surface area contributed by atoms with Crippen LogP contribution < -0.4 is 11.1 Å². The van der Waals surface area contributed by atoms with Gasteiger partial charge in [-0.25, -0.2) is 4.39 Å². The molecule has 3 aromatic rings. The molecule has 32 heavy (non-hydrogen) atoms. The van der Waals surface area contributed by atoms with Crippen LogP contribution in [0, 0.1) is 5.82 Å². The lowest BCUT2D eigenvalue weighted by Gasteiger charge is -2.32. The largest absolute Gasteiger partial charge is 0.388 e. The van der Waals surface area contributed by atoms with Gasteiger partial charge in [0, 0.05) is 57.6 Å². The number of carbonyl (C=O) groups excluding carboxylic acids is 1. The number of rotatable bonds is 7. The van der Waals surface area contributed by atoms with Crippen LogP contribution in [0.5, 0.6) is 0 Å². The molecule has 7 heteroatoms. The number of anilines is 1. The number of hydrogen-bond donors (Lipinski definition) is 2. The van der Waals surface area contributed by atoms with E-state index in [-0.39, 0.29) is 17.6 Å². The Kier molecular flexibility index (Phi) is 6.77. The molecular weight excluding hydrogens is 407 g/mol. The minimum Gasteiger partial charge on any atom is -0.388 e. The van der Waals surface area contributed by atoms with Crippen molar-refractivity contribution in [1.29, 1.82) is 0 Å². The molecule has 0 atom stereocenters. The fraction of sp³-hybridized carbons (Fsp3) is 0.400. The first kappa shape index (κ1) is 22.3. The molecule has 6 nitrogen and oxygen atoms in total. The summed E-state index contributed by atoms with van der Waals surface area (Å²) in [5.41, 5.74) is 10.0. The van der Waals surface area contributed by atoms with E-state index in [2.05, 4.69) is 9.88 Å². The lowest BCUT2D eigenvalue weighted by Crippen LogP contribution is -2.38. The highest BCUT2D eigenvalue weighted by Gasteiger charge is 2.28. The number of amides is 1. The third-order valence-corrected chi connectivity index (χ3v) is 6.46. The van der Waals surface area contributed by atoms with Crippen LogP contribution in [0.2, 0.25) is 0 Å². The number of ether oxygens (including phenoxy) is 1. The van der Waals surface area contributed by atoms with Crippen molar-refractivity contribution in [3.8, 4) is 0 Å². The van der Waals surface area contributed by atoms with Crippen molar-refractivity contribution in [2.75, 3.05) is 39.2 Å². The standard InChI is InChI=1S/C25H31FN4O2/c1-28-22-4-3-5-23-24(22)20(16-30(23)12-13-32-2)25(31)29-10-8-18(9-11-29)19-14-17(15-27)6-7-21(19)26/h3-7,14,16,18,28H,8-13,15,27H2,1-2H3. The monoisotopic (exact) mass is 438 g/mol. The first-order chi connectivity index (χ1) is 15.6. The van der Waals surface area contributed by atoms with E-state index < -0.39 is 0 Å². The third-order valence-electron chi connectivity index (χ3n) is 6.46. The van der Waals surface area contributed by atoms with Gasteiger partial charge in [0.2, 0.25) is 0 Å². The molecule has 4 rings (SSSR count). The summed E-state index contributed by atoms with van der Waals surface area (Å²) in [5, 5.41) is 4.15. The van der Waals surface area contributed by atoms with Crippen molar-refractivity contribution >= 4 is 22.5 Å². The first-order valence-corrected chi connectivity index (χ1v) is 11.1. The van der Waals surface area contributed by atoms with Gasteiger partial charge in [0.1, 0.15) is 5.82 Å². The number of likely N-dealkylation sites (tertiary alicyclic amines) is 1. The van der Waals surface area contributed by atoms with Crippen LogP contribution in [0.25, 0.3) is 10.9 Å². The zero-order valence-electron chi connectivity index (χ0n) is 18.7. The summed E-state index contributed by atoms with van der Waals surface area (Å²) >= 11 is 0.